The maximum absolute atomic E-state index is 11.1. The van der Waals surface area contributed by atoms with Crippen LogP contribution >= 0.6 is 0 Å². The number of H-pyrrole nitrogens is 1. The number of aliphatic carboxylic acids is 1. The minimum atomic E-state index is -0.781. The first-order chi connectivity index (χ1) is 14.2. The van der Waals surface area contributed by atoms with Crippen LogP contribution in [-0.4, -0.2) is 67.1 Å². The van der Waals surface area contributed by atoms with E-state index in [1.165, 1.54) is 0 Å². The van der Waals surface area contributed by atoms with Crippen LogP contribution in [0.25, 0.3) is 22.3 Å². The van der Waals surface area contributed by atoms with Gasteiger partial charge in [0.15, 0.2) is 5.82 Å². The zero-order valence-electron chi connectivity index (χ0n) is 16.4. The minimum Gasteiger partial charge on any atom is -0.480 e. The monoisotopic (exact) mass is 397 g/mol. The van der Waals surface area contributed by atoms with Crippen LogP contribution < -0.4 is 0 Å². The fourth-order valence-electron chi connectivity index (χ4n) is 4.18. The maximum Gasteiger partial charge on any atom is 0.317 e. The molecular formula is C21H27N5O3. The van der Waals surface area contributed by atoms with Gasteiger partial charge in [-0.25, -0.2) is 9.67 Å². The number of likely N-dealkylation sites (tertiary alicyclic amines) is 1. The first-order valence-electron chi connectivity index (χ1n) is 10.2. The van der Waals surface area contributed by atoms with Crippen LogP contribution in [0.1, 0.15) is 37.4 Å². The van der Waals surface area contributed by atoms with E-state index >= 15 is 0 Å². The molecule has 3 N–H and O–H groups in total. The fraction of sp³-hybridized carbons (Fsp3) is 0.476. The molecule has 8 nitrogen and oxygen atoms in total. The van der Waals surface area contributed by atoms with Gasteiger partial charge >= 0.3 is 5.97 Å². The molecule has 154 valence electrons. The number of aliphatic hydroxyl groups is 1. The first kappa shape index (κ1) is 19.6. The molecule has 1 unspecified atom stereocenters. The van der Waals surface area contributed by atoms with Gasteiger partial charge in [-0.2, -0.15) is 5.10 Å². The summed E-state index contributed by atoms with van der Waals surface area (Å²) in [7, 11) is 0. The zero-order valence-corrected chi connectivity index (χ0v) is 16.4. The standard InChI is InChI=1S/C21H27N5O3/c27-12-4-10-26-21(15-5-3-9-25(11-8-15)14-19(28)29)23-20(24-26)17-13-22-18-7-2-1-6-16(17)18/h1-2,6-7,13,15,22,27H,3-5,8-12,14H2,(H,28,29). The van der Waals surface area contributed by atoms with Crippen molar-refractivity contribution in [2.45, 2.75) is 38.1 Å². The third-order valence-electron chi connectivity index (χ3n) is 5.60. The number of carboxylic acid groups (broad SMARTS) is 1. The normalized spacial score (nSPS) is 18.2. The van der Waals surface area contributed by atoms with E-state index < -0.39 is 5.97 Å². The smallest absolute Gasteiger partial charge is 0.317 e. The first-order valence-corrected chi connectivity index (χ1v) is 10.2. The molecule has 1 aliphatic rings. The molecule has 0 saturated carbocycles. The van der Waals surface area contributed by atoms with Crippen molar-refractivity contribution in [3.63, 3.8) is 0 Å². The number of hydrogen-bond donors (Lipinski definition) is 3. The number of carboxylic acids is 1. The van der Waals surface area contributed by atoms with Crippen molar-refractivity contribution in [3.8, 4) is 11.4 Å². The van der Waals surface area contributed by atoms with Gasteiger partial charge in [0.2, 0.25) is 0 Å². The van der Waals surface area contributed by atoms with Crippen LogP contribution in [0.5, 0.6) is 0 Å². The number of nitrogens with one attached hydrogen (secondary N) is 1. The number of rotatable bonds is 7. The Morgan fingerprint density at radius 2 is 2.10 bits per heavy atom. The van der Waals surface area contributed by atoms with E-state index in [1.54, 1.807) is 0 Å². The number of fused-ring (bicyclic) bond motifs is 1. The molecule has 2 aromatic heterocycles. The highest BCUT2D eigenvalue weighted by atomic mass is 16.4. The van der Waals surface area contributed by atoms with E-state index in [4.69, 9.17) is 15.2 Å². The Bertz CT molecular complexity index is 980. The molecule has 4 rings (SSSR count). The summed E-state index contributed by atoms with van der Waals surface area (Å²) in [6.45, 7) is 2.36. The second kappa shape index (κ2) is 8.75. The molecule has 0 radical (unpaired) electrons. The van der Waals surface area contributed by atoms with E-state index in [-0.39, 0.29) is 19.1 Å². The molecule has 29 heavy (non-hydrogen) atoms. The Morgan fingerprint density at radius 3 is 2.93 bits per heavy atom. The van der Waals surface area contributed by atoms with Crippen LogP contribution in [0.4, 0.5) is 0 Å². The molecule has 0 spiro atoms. The number of para-hydroxylation sites is 1. The lowest BCUT2D eigenvalue weighted by Crippen LogP contribution is -2.30. The number of carbonyl (C=O) groups is 1. The van der Waals surface area contributed by atoms with Gasteiger partial charge in [0.25, 0.3) is 0 Å². The Kier molecular flexibility index (Phi) is 5.92. The maximum atomic E-state index is 11.1. The minimum absolute atomic E-state index is 0.0878. The van der Waals surface area contributed by atoms with Crippen LogP contribution in [0, 0.1) is 0 Å². The number of aryl methyl sites for hydroxylation is 1. The lowest BCUT2D eigenvalue weighted by molar-refractivity contribution is -0.138. The van der Waals surface area contributed by atoms with Crippen LogP contribution in [0.15, 0.2) is 30.5 Å². The third kappa shape index (κ3) is 4.33. The van der Waals surface area contributed by atoms with Gasteiger partial charge in [0, 0.05) is 41.7 Å². The van der Waals surface area contributed by atoms with Gasteiger partial charge in [0.05, 0.1) is 6.54 Å². The van der Waals surface area contributed by atoms with Gasteiger partial charge < -0.3 is 15.2 Å². The van der Waals surface area contributed by atoms with Crippen molar-refractivity contribution in [1.82, 2.24) is 24.6 Å². The largest absolute Gasteiger partial charge is 0.480 e. The molecule has 3 aromatic rings. The van der Waals surface area contributed by atoms with Gasteiger partial charge in [-0.3, -0.25) is 9.69 Å². The number of benzene rings is 1. The summed E-state index contributed by atoms with van der Waals surface area (Å²) in [5.74, 6) is 1.09. The van der Waals surface area contributed by atoms with Gasteiger partial charge in [0.1, 0.15) is 5.82 Å². The average molecular weight is 397 g/mol. The number of nitrogens with zero attached hydrogens (tertiary/aromatic N) is 4. The summed E-state index contributed by atoms with van der Waals surface area (Å²) in [5, 5.41) is 24.2. The lowest BCUT2D eigenvalue weighted by atomic mass is 10.00. The Hall–Kier alpha value is -2.71. The molecule has 1 atom stereocenters. The third-order valence-corrected chi connectivity index (χ3v) is 5.60. The second-order valence-electron chi connectivity index (χ2n) is 7.64. The molecule has 1 fully saturated rings. The summed E-state index contributed by atoms with van der Waals surface area (Å²) in [6, 6.07) is 8.09. The van der Waals surface area contributed by atoms with Crippen LogP contribution in [-0.2, 0) is 11.3 Å². The second-order valence-corrected chi connectivity index (χ2v) is 7.64. The van der Waals surface area contributed by atoms with Crippen molar-refractivity contribution >= 4 is 16.9 Å². The molecular weight excluding hydrogens is 370 g/mol. The summed E-state index contributed by atoms with van der Waals surface area (Å²) in [4.78, 5) is 21.3. The Morgan fingerprint density at radius 1 is 1.24 bits per heavy atom. The van der Waals surface area contributed by atoms with Gasteiger partial charge in [-0.1, -0.05) is 18.2 Å². The number of hydrogen-bond acceptors (Lipinski definition) is 5. The van der Waals surface area contributed by atoms with E-state index in [0.717, 1.165) is 54.6 Å². The highest BCUT2D eigenvalue weighted by molar-refractivity contribution is 5.93. The van der Waals surface area contributed by atoms with Crippen molar-refractivity contribution in [1.29, 1.82) is 0 Å². The van der Waals surface area contributed by atoms with E-state index in [2.05, 4.69) is 11.1 Å². The van der Waals surface area contributed by atoms with E-state index in [9.17, 15) is 9.90 Å². The Balaban J connectivity index is 1.63. The van der Waals surface area contributed by atoms with Crippen molar-refractivity contribution in [3.05, 3.63) is 36.3 Å². The quantitative estimate of drug-likeness (QED) is 0.565. The predicted octanol–water partition coefficient (Wildman–Crippen LogP) is 2.46. The van der Waals surface area contributed by atoms with Gasteiger partial charge in [-0.15, -0.1) is 0 Å². The van der Waals surface area contributed by atoms with E-state index in [0.29, 0.717) is 18.8 Å². The lowest BCUT2D eigenvalue weighted by Gasteiger charge is -2.17. The molecule has 0 amide bonds. The molecule has 1 saturated heterocycles. The highest BCUT2D eigenvalue weighted by Gasteiger charge is 2.25. The van der Waals surface area contributed by atoms with Crippen LogP contribution in [0.2, 0.25) is 0 Å². The molecule has 0 bridgehead atoms. The number of aromatic nitrogens is 4. The zero-order chi connectivity index (χ0) is 20.2. The SMILES string of the molecule is O=C(O)CN1CCCC(c2nc(-c3c[nH]c4ccccc34)nn2CCCO)CC1. The van der Waals surface area contributed by atoms with Crippen LogP contribution in [0.3, 0.4) is 0 Å². The summed E-state index contributed by atoms with van der Waals surface area (Å²) < 4.78 is 1.94. The summed E-state index contributed by atoms with van der Waals surface area (Å²) in [6.07, 6.45) is 5.33. The predicted molar refractivity (Wildman–Crippen MR) is 110 cm³/mol. The van der Waals surface area contributed by atoms with Gasteiger partial charge in [-0.05, 0) is 44.8 Å². The average Bonchev–Trinajstić information content (AvgIpc) is 3.25. The molecule has 0 aliphatic carbocycles. The number of aliphatic hydroxyl groups excluding tert-OH is 1. The van der Waals surface area contributed by atoms with Crippen molar-refractivity contribution in [2.75, 3.05) is 26.2 Å². The highest BCUT2D eigenvalue weighted by Crippen LogP contribution is 2.31. The Labute approximate surface area is 169 Å². The molecule has 3 heterocycles. The summed E-state index contributed by atoms with van der Waals surface area (Å²) >= 11 is 0. The van der Waals surface area contributed by atoms with E-state index in [1.807, 2.05) is 34.0 Å². The summed E-state index contributed by atoms with van der Waals surface area (Å²) in [5.41, 5.74) is 2.03. The molecule has 1 aromatic carbocycles. The number of aromatic amines is 1. The fourth-order valence-corrected chi connectivity index (χ4v) is 4.18. The topological polar surface area (TPSA) is 107 Å². The van der Waals surface area contributed by atoms with Crippen molar-refractivity contribution in [2.24, 2.45) is 0 Å². The molecule has 8 heteroatoms. The van der Waals surface area contributed by atoms with Crippen molar-refractivity contribution < 1.29 is 15.0 Å². The molecule has 1 aliphatic heterocycles.